The lowest BCUT2D eigenvalue weighted by molar-refractivity contribution is -0.142. The van der Waals surface area contributed by atoms with Crippen molar-refractivity contribution in [2.45, 2.75) is 31.8 Å². The van der Waals surface area contributed by atoms with Gasteiger partial charge in [-0.2, -0.15) is 0 Å². The van der Waals surface area contributed by atoms with Gasteiger partial charge in [0, 0.05) is 19.1 Å². The molecule has 0 aliphatic carbocycles. The van der Waals surface area contributed by atoms with E-state index in [0.29, 0.717) is 12.6 Å². The molecule has 2 unspecified atom stereocenters. The molecule has 1 aliphatic rings. The average molecular weight is 243 g/mol. The first kappa shape index (κ1) is 14.4. The highest BCUT2D eigenvalue weighted by molar-refractivity contribution is 5.75. The van der Waals surface area contributed by atoms with Gasteiger partial charge in [0.2, 0.25) is 0 Å². The van der Waals surface area contributed by atoms with Crippen LogP contribution in [-0.2, 0) is 9.53 Å². The number of nitrogens with zero attached hydrogens (tertiary/aromatic N) is 2. The molecule has 1 heterocycles. The summed E-state index contributed by atoms with van der Waals surface area (Å²) in [7, 11) is 3.38. The van der Waals surface area contributed by atoms with Crippen molar-refractivity contribution >= 4 is 5.97 Å². The van der Waals surface area contributed by atoms with Gasteiger partial charge in [0.25, 0.3) is 0 Å². The third kappa shape index (κ3) is 4.26. The molecule has 1 fully saturated rings. The van der Waals surface area contributed by atoms with Crippen LogP contribution in [0, 0.1) is 0 Å². The van der Waals surface area contributed by atoms with Gasteiger partial charge < -0.3 is 15.4 Å². The summed E-state index contributed by atoms with van der Waals surface area (Å²) in [5.74, 6) is -0.337. The number of esters is 1. The normalized spacial score (nSPS) is 23.0. The van der Waals surface area contributed by atoms with E-state index in [0.717, 1.165) is 13.1 Å². The number of rotatable bonds is 6. The van der Waals surface area contributed by atoms with Crippen LogP contribution in [0.5, 0.6) is 0 Å². The minimum atomic E-state index is -0.540. The van der Waals surface area contributed by atoms with Crippen LogP contribution in [0.3, 0.4) is 0 Å². The number of ether oxygens (including phenoxy) is 1. The topological polar surface area (TPSA) is 58.8 Å². The molecule has 1 rings (SSSR count). The Morgan fingerprint density at radius 3 is 2.94 bits per heavy atom. The Balaban J connectivity index is 2.33. The first-order valence-electron chi connectivity index (χ1n) is 6.34. The van der Waals surface area contributed by atoms with Gasteiger partial charge >= 0.3 is 5.97 Å². The van der Waals surface area contributed by atoms with E-state index in [2.05, 4.69) is 21.5 Å². The summed E-state index contributed by atoms with van der Waals surface area (Å²) >= 11 is 0. The zero-order chi connectivity index (χ0) is 12.8. The molecule has 2 atom stereocenters. The molecule has 2 N–H and O–H groups in total. The Labute approximate surface area is 104 Å². The molecule has 0 radical (unpaired) electrons. The second-order valence-electron chi connectivity index (χ2n) is 4.78. The van der Waals surface area contributed by atoms with Crippen molar-refractivity contribution in [2.75, 3.05) is 40.3 Å². The molecule has 5 nitrogen and oxygen atoms in total. The molecule has 0 amide bonds. The Morgan fingerprint density at radius 2 is 2.35 bits per heavy atom. The number of nitrogens with two attached hydrogens (primary N) is 1. The van der Waals surface area contributed by atoms with Gasteiger partial charge in [0.15, 0.2) is 0 Å². The highest BCUT2D eigenvalue weighted by Gasteiger charge is 2.25. The SMILES string of the molecule is CCN1CCCC1CN(C)CC(N)C(=O)OC. The van der Waals surface area contributed by atoms with Crippen LogP contribution >= 0.6 is 0 Å². The van der Waals surface area contributed by atoms with E-state index < -0.39 is 6.04 Å². The molecule has 0 aromatic rings. The monoisotopic (exact) mass is 243 g/mol. The Hall–Kier alpha value is -0.650. The first-order valence-corrected chi connectivity index (χ1v) is 6.34. The fourth-order valence-corrected chi connectivity index (χ4v) is 2.51. The first-order chi connectivity index (χ1) is 8.08. The summed E-state index contributed by atoms with van der Waals surface area (Å²) in [6.07, 6.45) is 2.51. The van der Waals surface area contributed by atoms with Crippen molar-refractivity contribution in [1.29, 1.82) is 0 Å². The van der Waals surface area contributed by atoms with Crippen LogP contribution in [0.1, 0.15) is 19.8 Å². The van der Waals surface area contributed by atoms with E-state index in [1.807, 2.05) is 7.05 Å². The maximum Gasteiger partial charge on any atom is 0.323 e. The third-order valence-corrected chi connectivity index (χ3v) is 3.44. The summed E-state index contributed by atoms with van der Waals surface area (Å²) in [5.41, 5.74) is 5.74. The molecule has 0 saturated carbocycles. The lowest BCUT2D eigenvalue weighted by Crippen LogP contribution is -2.46. The Kier molecular flexibility index (Phi) is 5.88. The average Bonchev–Trinajstić information content (AvgIpc) is 2.74. The van der Waals surface area contributed by atoms with Crippen LogP contribution in [0.15, 0.2) is 0 Å². The van der Waals surface area contributed by atoms with Gasteiger partial charge in [0.1, 0.15) is 6.04 Å². The predicted octanol–water partition coefficient (Wildman–Crippen LogP) is -0.0972. The molecule has 0 bridgehead atoms. The third-order valence-electron chi connectivity index (χ3n) is 3.44. The second-order valence-corrected chi connectivity index (χ2v) is 4.78. The molecule has 100 valence electrons. The number of carbonyl (C=O) groups excluding carboxylic acids is 1. The molecule has 0 aromatic carbocycles. The lowest BCUT2D eigenvalue weighted by atomic mass is 10.2. The zero-order valence-electron chi connectivity index (χ0n) is 11.2. The number of carbonyl (C=O) groups is 1. The maximum atomic E-state index is 11.2. The standard InChI is InChI=1S/C12H25N3O2/c1-4-15-7-5-6-10(15)8-14(2)9-11(13)12(16)17-3/h10-11H,4-9,13H2,1-3H3. The molecule has 1 aliphatic heterocycles. The van der Waals surface area contributed by atoms with Gasteiger partial charge in [-0.1, -0.05) is 6.92 Å². The molecule has 0 spiro atoms. The quantitative estimate of drug-likeness (QED) is 0.660. The van der Waals surface area contributed by atoms with Crippen molar-refractivity contribution in [3.63, 3.8) is 0 Å². The minimum Gasteiger partial charge on any atom is -0.468 e. The number of hydrogen-bond acceptors (Lipinski definition) is 5. The maximum absolute atomic E-state index is 11.2. The highest BCUT2D eigenvalue weighted by atomic mass is 16.5. The van der Waals surface area contributed by atoms with Crippen molar-refractivity contribution in [3.05, 3.63) is 0 Å². The molecule has 0 aromatic heterocycles. The van der Waals surface area contributed by atoms with Crippen LogP contribution in [0.4, 0.5) is 0 Å². The van der Waals surface area contributed by atoms with Crippen molar-refractivity contribution in [3.8, 4) is 0 Å². The lowest BCUT2D eigenvalue weighted by Gasteiger charge is -2.28. The minimum absolute atomic E-state index is 0.337. The molecule has 1 saturated heterocycles. The summed E-state index contributed by atoms with van der Waals surface area (Å²) in [4.78, 5) is 15.8. The van der Waals surface area contributed by atoms with Crippen LogP contribution in [-0.4, -0.2) is 68.2 Å². The van der Waals surface area contributed by atoms with E-state index in [1.165, 1.54) is 26.5 Å². The van der Waals surface area contributed by atoms with Crippen LogP contribution in [0.25, 0.3) is 0 Å². The number of methoxy groups -OCH3 is 1. The van der Waals surface area contributed by atoms with Gasteiger partial charge in [-0.15, -0.1) is 0 Å². The van der Waals surface area contributed by atoms with E-state index in [1.54, 1.807) is 0 Å². The van der Waals surface area contributed by atoms with Gasteiger partial charge in [0.05, 0.1) is 7.11 Å². The molecular formula is C12H25N3O2. The Bertz CT molecular complexity index is 248. The fourth-order valence-electron chi connectivity index (χ4n) is 2.51. The second kappa shape index (κ2) is 6.93. The van der Waals surface area contributed by atoms with E-state index in [4.69, 9.17) is 5.73 Å². The summed E-state index contributed by atoms with van der Waals surface area (Å²) in [6.45, 7) is 6.01. The molecule has 17 heavy (non-hydrogen) atoms. The highest BCUT2D eigenvalue weighted by Crippen LogP contribution is 2.17. The largest absolute Gasteiger partial charge is 0.468 e. The van der Waals surface area contributed by atoms with Crippen LogP contribution < -0.4 is 5.73 Å². The van der Waals surface area contributed by atoms with Gasteiger partial charge in [-0.3, -0.25) is 9.69 Å². The fraction of sp³-hybridized carbons (Fsp3) is 0.917. The number of likely N-dealkylation sites (N-methyl/N-ethyl adjacent to an activating group) is 2. The van der Waals surface area contributed by atoms with E-state index in [9.17, 15) is 4.79 Å². The summed E-state index contributed by atoms with van der Waals surface area (Å²) in [5, 5.41) is 0. The number of likely N-dealkylation sites (tertiary alicyclic amines) is 1. The molecule has 5 heteroatoms. The zero-order valence-corrected chi connectivity index (χ0v) is 11.2. The van der Waals surface area contributed by atoms with E-state index in [-0.39, 0.29) is 5.97 Å². The smallest absolute Gasteiger partial charge is 0.323 e. The van der Waals surface area contributed by atoms with E-state index >= 15 is 0 Å². The number of hydrogen-bond donors (Lipinski definition) is 1. The molecular weight excluding hydrogens is 218 g/mol. The van der Waals surface area contributed by atoms with Crippen LogP contribution in [0.2, 0.25) is 0 Å². The van der Waals surface area contributed by atoms with Crippen molar-refractivity contribution in [2.24, 2.45) is 5.73 Å². The van der Waals surface area contributed by atoms with Gasteiger partial charge in [-0.25, -0.2) is 0 Å². The summed E-state index contributed by atoms with van der Waals surface area (Å²) < 4.78 is 4.62. The predicted molar refractivity (Wildman–Crippen MR) is 67.8 cm³/mol. The van der Waals surface area contributed by atoms with Gasteiger partial charge in [-0.05, 0) is 33.0 Å². The van der Waals surface area contributed by atoms with Crippen molar-refractivity contribution in [1.82, 2.24) is 9.80 Å². The summed E-state index contributed by atoms with van der Waals surface area (Å²) in [6, 6.07) is 0.0660. The van der Waals surface area contributed by atoms with Crippen molar-refractivity contribution < 1.29 is 9.53 Å². The Morgan fingerprint density at radius 1 is 1.65 bits per heavy atom.